The molecule has 0 aromatic carbocycles. The second-order valence-electron chi connectivity index (χ2n) is 3.01. The second-order valence-corrected chi connectivity index (χ2v) is 3.01. The van der Waals surface area contributed by atoms with E-state index in [-0.39, 0.29) is 19.0 Å². The predicted molar refractivity (Wildman–Crippen MR) is 39.7 cm³/mol. The minimum atomic E-state index is -2.51. The average molecular weight is 164 g/mol. The van der Waals surface area contributed by atoms with Gasteiger partial charge in [-0.3, -0.25) is 4.90 Å². The molecular formula is C7H14F2N2. The van der Waals surface area contributed by atoms with Crippen molar-refractivity contribution in [2.75, 3.05) is 19.6 Å². The Morgan fingerprint density at radius 2 is 2.27 bits per heavy atom. The lowest BCUT2D eigenvalue weighted by atomic mass is 10.2. The largest absolute Gasteiger partial charge is 0.329 e. The summed E-state index contributed by atoms with van der Waals surface area (Å²) in [6, 6.07) is -0.116. The molecule has 0 spiro atoms. The predicted octanol–water partition coefficient (Wildman–Crippen LogP) is 0.675. The molecule has 0 radical (unpaired) electrons. The first-order chi connectivity index (χ1) is 5.09. The van der Waals surface area contributed by atoms with Gasteiger partial charge in [0.05, 0.1) is 6.54 Å². The highest BCUT2D eigenvalue weighted by atomic mass is 19.3. The molecule has 0 aliphatic carbocycles. The molecule has 66 valence electrons. The summed E-state index contributed by atoms with van der Waals surface area (Å²) in [5.74, 6) is -2.51. The van der Waals surface area contributed by atoms with E-state index in [1.54, 1.807) is 4.90 Å². The Balaban J connectivity index is 2.55. The molecule has 4 heteroatoms. The van der Waals surface area contributed by atoms with E-state index < -0.39 is 5.92 Å². The van der Waals surface area contributed by atoms with Gasteiger partial charge in [0, 0.05) is 19.0 Å². The van der Waals surface area contributed by atoms with Gasteiger partial charge in [-0.15, -0.1) is 0 Å². The quantitative estimate of drug-likeness (QED) is 0.650. The lowest BCUT2D eigenvalue weighted by molar-refractivity contribution is 0.0125. The van der Waals surface area contributed by atoms with Gasteiger partial charge in [-0.25, -0.2) is 8.78 Å². The Kier molecular flexibility index (Phi) is 2.44. The van der Waals surface area contributed by atoms with E-state index in [1.165, 1.54) is 0 Å². The Labute approximate surface area is 65.4 Å². The fourth-order valence-electron chi connectivity index (χ4n) is 1.57. The van der Waals surface area contributed by atoms with Gasteiger partial charge in [0.25, 0.3) is 5.92 Å². The van der Waals surface area contributed by atoms with Crippen molar-refractivity contribution in [2.24, 2.45) is 5.73 Å². The fraction of sp³-hybridized carbons (Fsp3) is 1.00. The third-order valence-corrected chi connectivity index (χ3v) is 2.16. The number of nitrogens with two attached hydrogens (primary N) is 1. The van der Waals surface area contributed by atoms with Crippen LogP contribution in [0.4, 0.5) is 8.78 Å². The van der Waals surface area contributed by atoms with Gasteiger partial charge in [0.15, 0.2) is 0 Å². The highest BCUT2D eigenvalue weighted by Crippen LogP contribution is 2.30. The Morgan fingerprint density at radius 1 is 1.64 bits per heavy atom. The van der Waals surface area contributed by atoms with Crippen LogP contribution in [0.2, 0.25) is 0 Å². The summed E-state index contributed by atoms with van der Waals surface area (Å²) in [4.78, 5) is 1.74. The first-order valence-electron chi connectivity index (χ1n) is 3.91. The lowest BCUT2D eigenvalue weighted by Crippen LogP contribution is -2.35. The number of halogens is 2. The fourth-order valence-corrected chi connectivity index (χ4v) is 1.57. The summed E-state index contributed by atoms with van der Waals surface area (Å²) in [5, 5.41) is 0. The molecule has 0 bridgehead atoms. The number of rotatable bonds is 2. The molecule has 1 aliphatic rings. The molecule has 11 heavy (non-hydrogen) atoms. The van der Waals surface area contributed by atoms with Crippen LogP contribution in [0.5, 0.6) is 0 Å². The summed E-state index contributed by atoms with van der Waals surface area (Å²) in [5.41, 5.74) is 5.35. The molecule has 0 aromatic rings. The van der Waals surface area contributed by atoms with E-state index in [2.05, 4.69) is 0 Å². The van der Waals surface area contributed by atoms with Gasteiger partial charge in [-0.2, -0.15) is 0 Å². The number of hydrogen-bond acceptors (Lipinski definition) is 2. The summed E-state index contributed by atoms with van der Waals surface area (Å²) in [6.45, 7) is 2.76. The molecule has 1 unspecified atom stereocenters. The number of alkyl halides is 2. The van der Waals surface area contributed by atoms with Crippen LogP contribution in [0.3, 0.4) is 0 Å². The monoisotopic (exact) mass is 164 g/mol. The van der Waals surface area contributed by atoms with Crippen molar-refractivity contribution in [3.05, 3.63) is 0 Å². The third-order valence-electron chi connectivity index (χ3n) is 2.16. The van der Waals surface area contributed by atoms with Crippen molar-refractivity contribution < 1.29 is 8.78 Å². The maximum absolute atomic E-state index is 12.7. The number of likely N-dealkylation sites (N-methyl/N-ethyl adjacent to an activating group) is 1. The first-order valence-corrected chi connectivity index (χ1v) is 3.91. The summed E-state index contributed by atoms with van der Waals surface area (Å²) < 4.78 is 25.4. The molecule has 1 atom stereocenters. The average Bonchev–Trinajstić information content (AvgIpc) is 2.25. The van der Waals surface area contributed by atoms with E-state index in [0.717, 1.165) is 0 Å². The first kappa shape index (κ1) is 8.87. The number of nitrogens with zero attached hydrogens (tertiary/aromatic N) is 1. The molecule has 1 saturated heterocycles. The van der Waals surface area contributed by atoms with E-state index in [0.29, 0.717) is 13.1 Å². The zero-order valence-electron chi connectivity index (χ0n) is 6.69. The van der Waals surface area contributed by atoms with E-state index in [1.807, 2.05) is 6.92 Å². The van der Waals surface area contributed by atoms with Crippen molar-refractivity contribution >= 4 is 0 Å². The zero-order valence-corrected chi connectivity index (χ0v) is 6.69. The highest BCUT2D eigenvalue weighted by molar-refractivity contribution is 4.90. The minimum absolute atomic E-state index is 0.0721. The van der Waals surface area contributed by atoms with Gasteiger partial charge < -0.3 is 5.73 Å². The van der Waals surface area contributed by atoms with Crippen LogP contribution in [0.15, 0.2) is 0 Å². The normalized spacial score (nSPS) is 31.1. The van der Waals surface area contributed by atoms with Crippen LogP contribution in [-0.2, 0) is 0 Å². The molecule has 1 heterocycles. The van der Waals surface area contributed by atoms with Crippen LogP contribution >= 0.6 is 0 Å². The van der Waals surface area contributed by atoms with Gasteiger partial charge in [0.2, 0.25) is 0 Å². The van der Waals surface area contributed by atoms with Gasteiger partial charge in [0.1, 0.15) is 0 Å². The summed E-state index contributed by atoms with van der Waals surface area (Å²) in [7, 11) is 0. The zero-order chi connectivity index (χ0) is 8.48. The molecule has 0 amide bonds. The molecule has 1 aliphatic heterocycles. The van der Waals surface area contributed by atoms with Gasteiger partial charge in [-0.05, 0) is 6.54 Å². The molecule has 0 aromatic heterocycles. The molecule has 1 fully saturated rings. The Bertz CT molecular complexity index is 124. The lowest BCUT2D eigenvalue weighted by Gasteiger charge is -2.19. The third kappa shape index (κ3) is 1.87. The second kappa shape index (κ2) is 3.03. The maximum Gasteiger partial charge on any atom is 0.262 e. The Morgan fingerprint density at radius 3 is 2.64 bits per heavy atom. The van der Waals surface area contributed by atoms with Gasteiger partial charge in [-0.1, -0.05) is 6.92 Å². The molecule has 1 rings (SSSR count). The maximum atomic E-state index is 12.7. The molecule has 2 N–H and O–H groups in total. The summed E-state index contributed by atoms with van der Waals surface area (Å²) >= 11 is 0. The van der Waals surface area contributed by atoms with E-state index in [4.69, 9.17) is 5.73 Å². The molecule has 2 nitrogen and oxygen atoms in total. The smallest absolute Gasteiger partial charge is 0.262 e. The van der Waals surface area contributed by atoms with Crippen molar-refractivity contribution in [1.82, 2.24) is 4.90 Å². The summed E-state index contributed by atoms with van der Waals surface area (Å²) in [6.07, 6.45) is -0.0721. The van der Waals surface area contributed by atoms with Crippen LogP contribution < -0.4 is 5.73 Å². The molecule has 0 saturated carbocycles. The topological polar surface area (TPSA) is 29.3 Å². The SMILES string of the molecule is CCN1CC(F)(F)CC1CN. The molecular weight excluding hydrogens is 150 g/mol. The van der Waals surface area contributed by atoms with E-state index in [9.17, 15) is 8.78 Å². The van der Waals surface area contributed by atoms with Crippen molar-refractivity contribution in [3.63, 3.8) is 0 Å². The van der Waals surface area contributed by atoms with Crippen molar-refractivity contribution in [1.29, 1.82) is 0 Å². The van der Waals surface area contributed by atoms with Crippen molar-refractivity contribution in [2.45, 2.75) is 25.3 Å². The number of likely N-dealkylation sites (tertiary alicyclic amines) is 1. The van der Waals surface area contributed by atoms with Crippen LogP contribution in [-0.4, -0.2) is 36.5 Å². The highest BCUT2D eigenvalue weighted by Gasteiger charge is 2.43. The Hall–Kier alpha value is -0.220. The van der Waals surface area contributed by atoms with Crippen LogP contribution in [0, 0.1) is 0 Å². The van der Waals surface area contributed by atoms with E-state index >= 15 is 0 Å². The van der Waals surface area contributed by atoms with Crippen LogP contribution in [0.1, 0.15) is 13.3 Å². The standard InChI is InChI=1S/C7H14F2N2/c1-2-11-5-7(8,9)3-6(11)4-10/h6H,2-5,10H2,1H3. The van der Waals surface area contributed by atoms with Crippen LogP contribution in [0.25, 0.3) is 0 Å². The van der Waals surface area contributed by atoms with Crippen molar-refractivity contribution in [3.8, 4) is 0 Å². The number of hydrogen-bond donors (Lipinski definition) is 1. The van der Waals surface area contributed by atoms with Gasteiger partial charge >= 0.3 is 0 Å². The minimum Gasteiger partial charge on any atom is -0.329 e.